The minimum atomic E-state index is -0.720. The number of nitrogens with zero attached hydrogens (tertiary/aromatic N) is 3. The van der Waals surface area contributed by atoms with Gasteiger partial charge in [-0.05, 0) is 26.2 Å². The van der Waals surface area contributed by atoms with E-state index in [0.29, 0.717) is 37.6 Å². The average molecular weight is 281 g/mol. The van der Waals surface area contributed by atoms with Crippen LogP contribution in [0.1, 0.15) is 26.2 Å². The molecule has 1 aliphatic heterocycles. The molecule has 1 aromatic heterocycles. The Morgan fingerprint density at radius 2 is 2.20 bits per heavy atom. The van der Waals surface area contributed by atoms with Crippen LogP contribution in [0.25, 0.3) is 0 Å². The van der Waals surface area contributed by atoms with E-state index in [1.807, 2.05) is 4.90 Å². The summed E-state index contributed by atoms with van der Waals surface area (Å²) in [5.74, 6) is 0.661. The van der Waals surface area contributed by atoms with Gasteiger partial charge in [-0.2, -0.15) is 4.98 Å². The highest BCUT2D eigenvalue weighted by Gasteiger charge is 2.29. The average Bonchev–Trinajstić information content (AvgIpc) is 2.58. The second kappa shape index (κ2) is 5.62. The van der Waals surface area contributed by atoms with Crippen molar-refractivity contribution in [3.8, 4) is 5.88 Å². The standard InChI is InChI=1S/C13H19N3O4/c1-13(17)6-3-8-15(9-7-13)12-10(16(18)19)4-5-11(14-12)20-2/h4-5,17H,3,6-9H2,1-2H3. The first kappa shape index (κ1) is 14.5. The van der Waals surface area contributed by atoms with Crippen molar-refractivity contribution in [3.63, 3.8) is 0 Å². The zero-order valence-electron chi connectivity index (χ0n) is 11.7. The normalized spacial score (nSPS) is 23.2. The maximum Gasteiger partial charge on any atom is 0.311 e. The number of hydrogen-bond donors (Lipinski definition) is 1. The quantitative estimate of drug-likeness (QED) is 0.670. The highest BCUT2D eigenvalue weighted by molar-refractivity contribution is 5.59. The first-order valence-electron chi connectivity index (χ1n) is 6.60. The highest BCUT2D eigenvalue weighted by Crippen LogP contribution is 2.31. The third-order valence-electron chi connectivity index (χ3n) is 3.60. The largest absolute Gasteiger partial charge is 0.481 e. The molecule has 0 aromatic carbocycles. The predicted molar refractivity (Wildman–Crippen MR) is 74.1 cm³/mol. The maximum absolute atomic E-state index is 11.1. The Hall–Kier alpha value is -1.89. The predicted octanol–water partition coefficient (Wildman–Crippen LogP) is 1.74. The molecule has 0 aliphatic carbocycles. The Balaban J connectivity index is 2.32. The third kappa shape index (κ3) is 3.16. The molecule has 7 nitrogen and oxygen atoms in total. The second-order valence-electron chi connectivity index (χ2n) is 5.29. The summed E-state index contributed by atoms with van der Waals surface area (Å²) in [6.07, 6.45) is 2.01. The molecule has 20 heavy (non-hydrogen) atoms. The minimum absolute atomic E-state index is 0.0349. The van der Waals surface area contributed by atoms with Crippen LogP contribution in [-0.2, 0) is 0 Å². The van der Waals surface area contributed by atoms with Gasteiger partial charge in [0.15, 0.2) is 0 Å². The van der Waals surface area contributed by atoms with Crippen LogP contribution < -0.4 is 9.64 Å². The molecule has 110 valence electrons. The van der Waals surface area contributed by atoms with Gasteiger partial charge in [0.25, 0.3) is 0 Å². The van der Waals surface area contributed by atoms with Gasteiger partial charge in [-0.3, -0.25) is 10.1 Å². The SMILES string of the molecule is COc1ccc([N+](=O)[O-])c(N2CCCC(C)(O)CC2)n1. The fourth-order valence-electron chi connectivity index (χ4n) is 2.39. The lowest BCUT2D eigenvalue weighted by atomic mass is 9.98. The summed E-state index contributed by atoms with van der Waals surface area (Å²) < 4.78 is 5.04. The van der Waals surface area contributed by atoms with Gasteiger partial charge < -0.3 is 14.7 Å². The van der Waals surface area contributed by atoms with Gasteiger partial charge in [-0.15, -0.1) is 0 Å². The van der Waals surface area contributed by atoms with E-state index in [4.69, 9.17) is 4.74 Å². The molecule has 7 heteroatoms. The van der Waals surface area contributed by atoms with Gasteiger partial charge in [0.2, 0.25) is 11.7 Å². The Morgan fingerprint density at radius 1 is 1.45 bits per heavy atom. The Kier molecular flexibility index (Phi) is 4.08. The van der Waals surface area contributed by atoms with Crippen molar-refractivity contribution in [2.24, 2.45) is 0 Å². The highest BCUT2D eigenvalue weighted by atomic mass is 16.6. The van der Waals surface area contributed by atoms with Crippen molar-refractivity contribution in [3.05, 3.63) is 22.2 Å². The van der Waals surface area contributed by atoms with Gasteiger partial charge in [0.1, 0.15) is 0 Å². The van der Waals surface area contributed by atoms with Crippen molar-refractivity contribution in [2.75, 3.05) is 25.1 Å². The van der Waals surface area contributed by atoms with Gasteiger partial charge >= 0.3 is 5.69 Å². The van der Waals surface area contributed by atoms with Crippen LogP contribution in [0.4, 0.5) is 11.5 Å². The van der Waals surface area contributed by atoms with E-state index in [9.17, 15) is 15.2 Å². The van der Waals surface area contributed by atoms with Crippen LogP contribution in [0.3, 0.4) is 0 Å². The Labute approximate surface area is 117 Å². The number of hydrogen-bond acceptors (Lipinski definition) is 6. The molecule has 0 spiro atoms. The summed E-state index contributed by atoms with van der Waals surface area (Å²) in [4.78, 5) is 16.7. The van der Waals surface area contributed by atoms with Crippen LogP contribution in [-0.4, -0.2) is 40.8 Å². The summed E-state index contributed by atoms with van der Waals surface area (Å²) in [6, 6.07) is 2.89. The monoisotopic (exact) mass is 281 g/mol. The molecule has 1 aromatic rings. The molecule has 1 saturated heterocycles. The van der Waals surface area contributed by atoms with Crippen molar-refractivity contribution < 1.29 is 14.8 Å². The summed E-state index contributed by atoms with van der Waals surface area (Å²) in [5.41, 5.74) is -0.755. The number of rotatable bonds is 3. The first-order chi connectivity index (χ1) is 9.43. The molecule has 2 heterocycles. The molecule has 1 unspecified atom stereocenters. The van der Waals surface area contributed by atoms with Gasteiger partial charge in [0, 0.05) is 25.2 Å². The van der Waals surface area contributed by atoms with Crippen LogP contribution in [0.5, 0.6) is 5.88 Å². The summed E-state index contributed by atoms with van der Waals surface area (Å²) in [6.45, 7) is 2.97. The number of anilines is 1. The molecule has 1 fully saturated rings. The van der Waals surface area contributed by atoms with Crippen LogP contribution >= 0.6 is 0 Å². The molecule has 0 saturated carbocycles. The molecular formula is C13H19N3O4. The Bertz CT molecular complexity index is 504. The summed E-state index contributed by atoms with van der Waals surface area (Å²) >= 11 is 0. The molecule has 0 amide bonds. The van der Waals surface area contributed by atoms with E-state index >= 15 is 0 Å². The molecule has 0 bridgehead atoms. The molecular weight excluding hydrogens is 262 g/mol. The van der Waals surface area contributed by atoms with Crippen LogP contribution in [0.2, 0.25) is 0 Å². The van der Waals surface area contributed by atoms with E-state index in [1.54, 1.807) is 6.92 Å². The fourth-order valence-corrected chi connectivity index (χ4v) is 2.39. The third-order valence-corrected chi connectivity index (χ3v) is 3.60. The first-order valence-corrected chi connectivity index (χ1v) is 6.60. The van der Waals surface area contributed by atoms with Crippen molar-refractivity contribution in [1.29, 1.82) is 0 Å². The zero-order chi connectivity index (χ0) is 14.8. The Morgan fingerprint density at radius 3 is 2.85 bits per heavy atom. The van der Waals surface area contributed by atoms with E-state index in [0.717, 1.165) is 6.42 Å². The molecule has 0 radical (unpaired) electrons. The zero-order valence-corrected chi connectivity index (χ0v) is 11.7. The van der Waals surface area contributed by atoms with E-state index in [1.165, 1.54) is 19.2 Å². The topological polar surface area (TPSA) is 88.7 Å². The van der Waals surface area contributed by atoms with E-state index < -0.39 is 10.5 Å². The molecule has 1 aliphatic rings. The van der Waals surface area contributed by atoms with Gasteiger partial charge in [0.05, 0.1) is 17.6 Å². The number of aliphatic hydroxyl groups is 1. The maximum atomic E-state index is 11.1. The molecule has 1 N–H and O–H groups in total. The summed E-state index contributed by atoms with van der Waals surface area (Å²) in [5, 5.41) is 21.2. The van der Waals surface area contributed by atoms with Crippen LogP contribution in [0.15, 0.2) is 12.1 Å². The fraction of sp³-hybridized carbons (Fsp3) is 0.615. The second-order valence-corrected chi connectivity index (χ2v) is 5.29. The van der Waals surface area contributed by atoms with Gasteiger partial charge in [-0.25, -0.2) is 0 Å². The van der Waals surface area contributed by atoms with E-state index in [2.05, 4.69) is 4.98 Å². The summed E-state index contributed by atoms with van der Waals surface area (Å²) in [7, 11) is 1.48. The van der Waals surface area contributed by atoms with Crippen molar-refractivity contribution in [1.82, 2.24) is 4.98 Å². The number of ether oxygens (including phenoxy) is 1. The minimum Gasteiger partial charge on any atom is -0.481 e. The molecule has 2 rings (SSSR count). The number of pyridine rings is 1. The number of nitro groups is 1. The van der Waals surface area contributed by atoms with Gasteiger partial charge in [-0.1, -0.05) is 0 Å². The lowest BCUT2D eigenvalue weighted by Gasteiger charge is -2.23. The van der Waals surface area contributed by atoms with E-state index in [-0.39, 0.29) is 5.69 Å². The van der Waals surface area contributed by atoms with Crippen molar-refractivity contribution >= 4 is 11.5 Å². The van der Waals surface area contributed by atoms with Crippen molar-refractivity contribution in [2.45, 2.75) is 31.8 Å². The lowest BCUT2D eigenvalue weighted by molar-refractivity contribution is -0.384. The number of aromatic nitrogens is 1. The smallest absolute Gasteiger partial charge is 0.311 e. The number of methoxy groups -OCH3 is 1. The molecule has 1 atom stereocenters. The lowest BCUT2D eigenvalue weighted by Crippen LogP contribution is -2.29. The van der Waals surface area contributed by atoms with Crippen LogP contribution in [0, 0.1) is 10.1 Å².